The van der Waals surface area contributed by atoms with Gasteiger partial charge in [-0.15, -0.1) is 0 Å². The molecule has 0 aromatic carbocycles. The van der Waals surface area contributed by atoms with Crippen molar-refractivity contribution in [1.82, 2.24) is 20.9 Å². The van der Waals surface area contributed by atoms with E-state index in [-0.39, 0.29) is 24.2 Å². The lowest BCUT2D eigenvalue weighted by Gasteiger charge is -2.33. The number of hydrogen-bond donors (Lipinski definition) is 8. The molecule has 1 aliphatic heterocycles. The van der Waals surface area contributed by atoms with E-state index in [1.165, 1.54) is 18.3 Å². The highest BCUT2D eigenvalue weighted by atomic mass is 16.4. The molecule has 168 valence electrons. The van der Waals surface area contributed by atoms with Gasteiger partial charge < -0.3 is 31.9 Å². The van der Waals surface area contributed by atoms with E-state index in [1.54, 1.807) is 0 Å². The van der Waals surface area contributed by atoms with Gasteiger partial charge in [-0.05, 0) is 18.6 Å². The predicted octanol–water partition coefficient (Wildman–Crippen LogP) is -2.68. The van der Waals surface area contributed by atoms with Crippen molar-refractivity contribution in [2.24, 2.45) is 17.4 Å². The van der Waals surface area contributed by atoms with Gasteiger partial charge in [0.05, 0.1) is 24.0 Å². The standard InChI is InChI=1S/C17H23N7O7/c18-13-8(14(28)24-17(19)23-13)5-11(25)21-7-1-2-9(20-6-7)15(29)22-10(16(30)31)3-4-12(26)27/h1-2,6,8,10,13,17,23H,3-5,18-19H2,(H,21,25)(H,22,29)(H,24,28)(H,26,27)(H,30,31)/t8?,10-,13?,17?/m0/s1. The molecule has 1 aromatic rings. The second-order valence-corrected chi connectivity index (χ2v) is 6.77. The lowest BCUT2D eigenvalue weighted by molar-refractivity contribution is -0.140. The molecule has 2 rings (SSSR count). The van der Waals surface area contributed by atoms with Gasteiger partial charge in [0.15, 0.2) is 0 Å². The van der Waals surface area contributed by atoms with Gasteiger partial charge in [-0.2, -0.15) is 0 Å². The lowest BCUT2D eigenvalue weighted by atomic mass is 9.98. The summed E-state index contributed by atoms with van der Waals surface area (Å²) in [4.78, 5) is 61.9. The van der Waals surface area contributed by atoms with Crippen LogP contribution in [0.1, 0.15) is 29.8 Å². The monoisotopic (exact) mass is 437 g/mol. The molecule has 0 aliphatic carbocycles. The molecule has 1 saturated heterocycles. The van der Waals surface area contributed by atoms with E-state index in [4.69, 9.17) is 21.7 Å². The van der Waals surface area contributed by atoms with E-state index >= 15 is 0 Å². The van der Waals surface area contributed by atoms with Crippen LogP contribution in [0.2, 0.25) is 0 Å². The van der Waals surface area contributed by atoms with Gasteiger partial charge in [-0.25, -0.2) is 9.78 Å². The molecule has 3 unspecified atom stereocenters. The summed E-state index contributed by atoms with van der Waals surface area (Å²) in [5.74, 6) is -5.20. The molecule has 1 aromatic heterocycles. The van der Waals surface area contributed by atoms with Crippen LogP contribution in [0.4, 0.5) is 5.69 Å². The number of aliphatic carboxylic acids is 2. The maximum absolute atomic E-state index is 12.2. The fourth-order valence-corrected chi connectivity index (χ4v) is 2.78. The number of nitrogens with two attached hydrogens (primary N) is 2. The van der Waals surface area contributed by atoms with Gasteiger partial charge in [0, 0.05) is 12.8 Å². The number of aromatic nitrogens is 1. The Hall–Kier alpha value is -3.62. The quantitative estimate of drug-likeness (QED) is 0.198. The van der Waals surface area contributed by atoms with Gasteiger partial charge in [0.25, 0.3) is 5.91 Å². The highest BCUT2D eigenvalue weighted by molar-refractivity contribution is 5.97. The SMILES string of the molecule is NC1NC(=O)C(CC(=O)Nc2ccc(C(=O)N[C@@H](CCC(=O)O)C(=O)O)nc2)C(N)N1. The number of nitrogens with zero attached hydrogens (tertiary/aromatic N) is 1. The zero-order chi connectivity index (χ0) is 23.1. The summed E-state index contributed by atoms with van der Waals surface area (Å²) in [5.41, 5.74) is 11.4. The van der Waals surface area contributed by atoms with Crippen LogP contribution in [0.15, 0.2) is 18.3 Å². The number of carboxylic acids is 2. The van der Waals surface area contributed by atoms with Crippen molar-refractivity contribution in [1.29, 1.82) is 0 Å². The number of anilines is 1. The van der Waals surface area contributed by atoms with Crippen molar-refractivity contribution in [2.45, 2.75) is 37.8 Å². The number of carboxylic acid groups (broad SMARTS) is 2. The molecule has 2 heterocycles. The first-order chi connectivity index (χ1) is 14.6. The normalized spacial score (nSPS) is 21.5. The van der Waals surface area contributed by atoms with E-state index in [0.29, 0.717) is 0 Å². The van der Waals surface area contributed by atoms with Gasteiger partial charge in [0.1, 0.15) is 18.0 Å². The summed E-state index contributed by atoms with van der Waals surface area (Å²) in [5, 5.41) is 27.6. The fourth-order valence-electron chi connectivity index (χ4n) is 2.78. The molecule has 0 spiro atoms. The Kier molecular flexibility index (Phi) is 7.95. The van der Waals surface area contributed by atoms with Crippen molar-refractivity contribution in [3.8, 4) is 0 Å². The minimum Gasteiger partial charge on any atom is -0.481 e. The van der Waals surface area contributed by atoms with Crippen LogP contribution in [0, 0.1) is 5.92 Å². The summed E-state index contributed by atoms with van der Waals surface area (Å²) in [6.07, 6.45) is -1.37. The lowest BCUT2D eigenvalue weighted by Crippen LogP contribution is -2.67. The fraction of sp³-hybridized carbons (Fsp3) is 0.412. The van der Waals surface area contributed by atoms with Crippen LogP contribution in [0.5, 0.6) is 0 Å². The number of pyridine rings is 1. The van der Waals surface area contributed by atoms with Crippen LogP contribution in [-0.2, 0) is 19.2 Å². The highest BCUT2D eigenvalue weighted by Crippen LogP contribution is 2.13. The summed E-state index contributed by atoms with van der Waals surface area (Å²) in [6.45, 7) is 0. The summed E-state index contributed by atoms with van der Waals surface area (Å²) < 4.78 is 0. The molecule has 0 saturated carbocycles. The summed E-state index contributed by atoms with van der Waals surface area (Å²) in [7, 11) is 0. The van der Waals surface area contributed by atoms with E-state index in [0.717, 1.165) is 0 Å². The zero-order valence-electron chi connectivity index (χ0n) is 16.2. The Morgan fingerprint density at radius 1 is 1.19 bits per heavy atom. The minimum atomic E-state index is -1.39. The van der Waals surface area contributed by atoms with Crippen LogP contribution in [0.3, 0.4) is 0 Å². The van der Waals surface area contributed by atoms with E-state index in [1.807, 2.05) is 0 Å². The van der Waals surface area contributed by atoms with Crippen molar-refractivity contribution < 1.29 is 34.2 Å². The van der Waals surface area contributed by atoms with Crippen LogP contribution in [0.25, 0.3) is 0 Å². The Labute approximate surface area is 175 Å². The van der Waals surface area contributed by atoms with E-state index < -0.39 is 60.5 Å². The van der Waals surface area contributed by atoms with Gasteiger partial charge in [-0.1, -0.05) is 0 Å². The van der Waals surface area contributed by atoms with Gasteiger partial charge >= 0.3 is 11.9 Å². The molecule has 14 heteroatoms. The molecule has 1 aliphatic rings. The number of amides is 3. The summed E-state index contributed by atoms with van der Waals surface area (Å²) in [6, 6.07) is 1.22. The van der Waals surface area contributed by atoms with Gasteiger partial charge in [0.2, 0.25) is 11.8 Å². The van der Waals surface area contributed by atoms with E-state index in [2.05, 4.69) is 26.3 Å². The average Bonchev–Trinajstić information content (AvgIpc) is 2.68. The third kappa shape index (κ3) is 6.98. The van der Waals surface area contributed by atoms with Crippen LogP contribution >= 0.6 is 0 Å². The molecule has 31 heavy (non-hydrogen) atoms. The molecular weight excluding hydrogens is 414 g/mol. The predicted molar refractivity (Wildman–Crippen MR) is 104 cm³/mol. The highest BCUT2D eigenvalue weighted by Gasteiger charge is 2.34. The van der Waals surface area contributed by atoms with Gasteiger partial charge in [-0.3, -0.25) is 30.2 Å². The second-order valence-electron chi connectivity index (χ2n) is 6.77. The van der Waals surface area contributed by atoms with Crippen LogP contribution < -0.4 is 32.7 Å². The number of hydrogen-bond acceptors (Lipinski definition) is 9. The number of nitrogens with one attached hydrogen (secondary N) is 4. The number of carbonyl (C=O) groups is 5. The largest absolute Gasteiger partial charge is 0.481 e. The molecule has 10 N–H and O–H groups in total. The Morgan fingerprint density at radius 2 is 1.90 bits per heavy atom. The number of carbonyl (C=O) groups excluding carboxylic acids is 3. The molecule has 1 fully saturated rings. The minimum absolute atomic E-state index is 0.133. The van der Waals surface area contributed by atoms with Crippen molar-refractivity contribution in [2.75, 3.05) is 5.32 Å². The maximum Gasteiger partial charge on any atom is 0.326 e. The smallest absolute Gasteiger partial charge is 0.326 e. The summed E-state index contributed by atoms with van der Waals surface area (Å²) >= 11 is 0. The molecule has 4 atom stereocenters. The third-order valence-electron chi connectivity index (χ3n) is 4.38. The van der Waals surface area contributed by atoms with Crippen molar-refractivity contribution in [3.63, 3.8) is 0 Å². The Balaban J connectivity index is 1.92. The number of rotatable bonds is 9. The first-order valence-corrected chi connectivity index (χ1v) is 9.15. The first kappa shape index (κ1) is 23.7. The first-order valence-electron chi connectivity index (χ1n) is 9.15. The molecular formula is C17H23N7O7. The Morgan fingerprint density at radius 3 is 2.45 bits per heavy atom. The molecule has 3 amide bonds. The molecule has 0 radical (unpaired) electrons. The average molecular weight is 437 g/mol. The Bertz CT molecular complexity index is 861. The van der Waals surface area contributed by atoms with Crippen molar-refractivity contribution in [3.05, 3.63) is 24.0 Å². The topological polar surface area (TPSA) is 239 Å². The molecule has 14 nitrogen and oxygen atoms in total. The third-order valence-corrected chi connectivity index (χ3v) is 4.38. The zero-order valence-corrected chi connectivity index (χ0v) is 16.2. The molecule has 0 bridgehead atoms. The van der Waals surface area contributed by atoms with E-state index in [9.17, 15) is 24.0 Å². The van der Waals surface area contributed by atoms with Crippen molar-refractivity contribution >= 4 is 35.3 Å². The second kappa shape index (κ2) is 10.4. The van der Waals surface area contributed by atoms with Crippen LogP contribution in [-0.4, -0.2) is 63.4 Å². The maximum atomic E-state index is 12.2.